The summed E-state index contributed by atoms with van der Waals surface area (Å²) in [5.41, 5.74) is 1.71. The Morgan fingerprint density at radius 2 is 1.03 bits per heavy atom. The maximum absolute atomic E-state index is 10.8. The van der Waals surface area contributed by atoms with Gasteiger partial charge in [-0.15, -0.1) is 5.75 Å². The molecule has 0 radical (unpaired) electrons. The second-order valence-electron chi connectivity index (χ2n) is 9.94. The fraction of sp³-hybridized carbons (Fsp3) is 0.786. The van der Waals surface area contributed by atoms with E-state index in [0.717, 1.165) is 11.1 Å². The average molecular weight is 454 g/mol. The summed E-state index contributed by atoms with van der Waals surface area (Å²) in [6.45, 7) is 10.9. The zero-order valence-electron chi connectivity index (χ0n) is 21.7. The smallest absolute Gasteiger partial charge is 0.0782 e. The minimum Gasteiger partial charge on any atom is -0.872 e. The van der Waals surface area contributed by atoms with Crippen molar-refractivity contribution in [3.63, 3.8) is 0 Å². The van der Waals surface area contributed by atoms with Gasteiger partial charge >= 0.3 is 0 Å². The molecule has 2 nitrogen and oxygen atoms in total. The fourth-order valence-electron chi connectivity index (χ4n) is 3.80. The van der Waals surface area contributed by atoms with Crippen LogP contribution in [0, 0.1) is 13.8 Å². The van der Waals surface area contributed by atoms with Crippen molar-refractivity contribution < 1.29 is 9.59 Å². The Balaban J connectivity index is 0.000000743. The Kier molecular flexibility index (Phi) is 18.4. The summed E-state index contributed by atoms with van der Waals surface area (Å²) in [5, 5.41) is 11.5. The van der Waals surface area contributed by atoms with Crippen molar-refractivity contribution in [1.82, 2.24) is 0 Å². The Morgan fingerprint density at radius 1 is 0.677 bits per heavy atom. The Labute approximate surface area is 200 Å². The van der Waals surface area contributed by atoms with Crippen molar-refractivity contribution in [3.8, 4) is 5.75 Å². The summed E-state index contributed by atoms with van der Waals surface area (Å²) in [6, 6.07) is 3.07. The van der Waals surface area contributed by atoms with Crippen LogP contribution in [-0.2, 0) is 0 Å². The van der Waals surface area contributed by atoms with Gasteiger partial charge in [-0.3, -0.25) is 0 Å². The molecule has 0 saturated carbocycles. The molecule has 1 aromatic rings. The standard InChI is InChI=1S/C20H44N.C8H9ClO/c1-5-7-8-9-10-11-12-13-14-15-16-17-18-19-20-21(3,4)6-2;1-5-3-7(10)4-6(2)8(5)9/h5-20H2,1-4H3;3-4,10H,1-2H3/q+1;/p-1. The number of nitrogens with zero attached hydrogens (tertiary/aromatic N) is 1. The molecule has 0 unspecified atom stereocenters. The monoisotopic (exact) mass is 453 g/mol. The molecule has 1 aromatic carbocycles. The number of hydrogen-bond acceptors (Lipinski definition) is 1. The zero-order valence-corrected chi connectivity index (χ0v) is 22.5. The maximum atomic E-state index is 10.8. The van der Waals surface area contributed by atoms with E-state index in [2.05, 4.69) is 27.9 Å². The lowest BCUT2D eigenvalue weighted by atomic mass is 10.0. The van der Waals surface area contributed by atoms with Crippen LogP contribution in [0.15, 0.2) is 12.1 Å². The molecule has 31 heavy (non-hydrogen) atoms. The van der Waals surface area contributed by atoms with Gasteiger partial charge in [0.2, 0.25) is 0 Å². The average Bonchev–Trinajstić information content (AvgIpc) is 2.72. The highest BCUT2D eigenvalue weighted by Gasteiger charge is 2.09. The minimum absolute atomic E-state index is 0.0272. The SMILES string of the molecule is CCCCCCCCCCCCCCCC[N+](C)(C)CC.Cc1cc([O-])cc(C)c1Cl. The number of hydrogen-bond donors (Lipinski definition) is 0. The van der Waals surface area contributed by atoms with Gasteiger partial charge in [0, 0.05) is 5.02 Å². The van der Waals surface area contributed by atoms with Crippen LogP contribution >= 0.6 is 11.6 Å². The molecule has 0 aliphatic heterocycles. The van der Waals surface area contributed by atoms with E-state index in [1.54, 1.807) is 0 Å². The van der Waals surface area contributed by atoms with Gasteiger partial charge in [-0.05, 0) is 44.7 Å². The third-order valence-electron chi connectivity index (χ3n) is 6.38. The first-order valence-electron chi connectivity index (χ1n) is 13.0. The van der Waals surface area contributed by atoms with Gasteiger partial charge in [0.05, 0.1) is 27.2 Å². The van der Waals surface area contributed by atoms with Gasteiger partial charge in [-0.25, -0.2) is 0 Å². The lowest BCUT2D eigenvalue weighted by Gasteiger charge is -2.28. The number of unbranched alkanes of at least 4 members (excludes halogenated alkanes) is 13. The fourth-order valence-corrected chi connectivity index (χ4v) is 3.91. The predicted molar refractivity (Wildman–Crippen MR) is 138 cm³/mol. The molecule has 0 spiro atoms. The molecular weight excluding hydrogens is 402 g/mol. The van der Waals surface area contributed by atoms with E-state index in [0.29, 0.717) is 5.02 Å². The van der Waals surface area contributed by atoms with Crippen molar-refractivity contribution in [1.29, 1.82) is 0 Å². The van der Waals surface area contributed by atoms with Crippen LogP contribution in [0.5, 0.6) is 5.75 Å². The second kappa shape index (κ2) is 18.8. The first-order valence-corrected chi connectivity index (χ1v) is 13.4. The molecule has 0 atom stereocenters. The van der Waals surface area contributed by atoms with Crippen molar-refractivity contribution in [2.45, 2.75) is 118 Å². The van der Waals surface area contributed by atoms with Crippen LogP contribution < -0.4 is 5.11 Å². The normalized spacial score (nSPS) is 11.3. The summed E-state index contributed by atoms with van der Waals surface area (Å²) in [4.78, 5) is 0. The highest BCUT2D eigenvalue weighted by Crippen LogP contribution is 2.23. The highest BCUT2D eigenvalue weighted by molar-refractivity contribution is 6.32. The summed E-state index contributed by atoms with van der Waals surface area (Å²) >= 11 is 5.81. The molecule has 0 amide bonds. The summed E-state index contributed by atoms with van der Waals surface area (Å²) in [5.74, 6) is 0.0272. The van der Waals surface area contributed by atoms with E-state index in [-0.39, 0.29) is 5.75 Å². The van der Waals surface area contributed by atoms with Crippen molar-refractivity contribution in [2.75, 3.05) is 27.2 Å². The van der Waals surface area contributed by atoms with Crippen molar-refractivity contribution >= 4 is 11.6 Å². The van der Waals surface area contributed by atoms with Gasteiger partial charge in [0.25, 0.3) is 0 Å². The van der Waals surface area contributed by atoms with Gasteiger partial charge in [0.15, 0.2) is 0 Å². The van der Waals surface area contributed by atoms with Gasteiger partial charge in [-0.2, -0.15) is 0 Å². The number of aryl methyl sites for hydroxylation is 2. The van der Waals surface area contributed by atoms with E-state index in [1.807, 2.05) is 13.8 Å². The topological polar surface area (TPSA) is 23.1 Å². The molecule has 0 N–H and O–H groups in total. The molecule has 182 valence electrons. The Hall–Kier alpha value is -0.730. The molecule has 0 fully saturated rings. The van der Waals surface area contributed by atoms with E-state index in [4.69, 9.17) is 11.6 Å². The third-order valence-corrected chi connectivity index (χ3v) is 6.98. The molecule has 3 heteroatoms. The number of halogens is 1. The molecule has 0 bridgehead atoms. The predicted octanol–water partition coefficient (Wildman–Crippen LogP) is 8.59. The lowest BCUT2D eigenvalue weighted by Crippen LogP contribution is -2.39. The molecule has 0 aliphatic carbocycles. The first kappa shape index (κ1) is 30.3. The van der Waals surface area contributed by atoms with E-state index in [9.17, 15) is 5.11 Å². The van der Waals surface area contributed by atoms with Gasteiger partial charge in [0.1, 0.15) is 0 Å². The number of quaternary nitrogens is 1. The second-order valence-corrected chi connectivity index (χ2v) is 10.3. The molecule has 1 rings (SSSR count). The first-order chi connectivity index (χ1) is 14.7. The molecule has 0 aliphatic rings. The van der Waals surface area contributed by atoms with Crippen LogP contribution in [0.4, 0.5) is 0 Å². The van der Waals surface area contributed by atoms with Gasteiger partial charge < -0.3 is 9.59 Å². The molecule has 0 aromatic heterocycles. The van der Waals surface area contributed by atoms with Crippen molar-refractivity contribution in [2.24, 2.45) is 0 Å². The van der Waals surface area contributed by atoms with Crippen molar-refractivity contribution in [3.05, 3.63) is 28.3 Å². The number of rotatable bonds is 16. The van der Waals surface area contributed by atoms with Crippen LogP contribution in [0.3, 0.4) is 0 Å². The summed E-state index contributed by atoms with van der Waals surface area (Å²) in [7, 11) is 4.70. The van der Waals surface area contributed by atoms with E-state index < -0.39 is 0 Å². The molecular formula is C28H52ClNO. The third kappa shape index (κ3) is 17.5. The van der Waals surface area contributed by atoms with E-state index in [1.165, 1.54) is 120 Å². The Morgan fingerprint density at radius 3 is 1.39 bits per heavy atom. The van der Waals surface area contributed by atoms with Crippen LogP contribution in [0.1, 0.15) is 115 Å². The number of benzene rings is 1. The maximum Gasteiger partial charge on any atom is 0.0782 e. The lowest BCUT2D eigenvalue weighted by molar-refractivity contribution is -0.888. The summed E-state index contributed by atoms with van der Waals surface area (Å²) in [6.07, 6.45) is 20.4. The Bertz CT molecular complexity index is 533. The minimum atomic E-state index is 0.0272. The largest absolute Gasteiger partial charge is 0.872 e. The quantitative estimate of drug-likeness (QED) is 0.181. The van der Waals surface area contributed by atoms with Crippen LogP contribution in [0.2, 0.25) is 5.02 Å². The van der Waals surface area contributed by atoms with Crippen LogP contribution in [-0.4, -0.2) is 31.7 Å². The zero-order chi connectivity index (χ0) is 23.5. The van der Waals surface area contributed by atoms with Crippen LogP contribution in [0.25, 0.3) is 0 Å². The summed E-state index contributed by atoms with van der Waals surface area (Å²) < 4.78 is 1.19. The van der Waals surface area contributed by atoms with E-state index >= 15 is 0 Å². The molecule has 0 saturated heterocycles. The molecule has 0 heterocycles. The van der Waals surface area contributed by atoms with Gasteiger partial charge in [-0.1, -0.05) is 108 Å². The highest BCUT2D eigenvalue weighted by atomic mass is 35.5.